The van der Waals surface area contributed by atoms with Crippen LogP contribution < -0.4 is 10.6 Å². The fourth-order valence-corrected chi connectivity index (χ4v) is 2.40. The molecule has 0 aliphatic heterocycles. The maximum absolute atomic E-state index is 13.4. The monoisotopic (exact) mass is 341 g/mol. The summed E-state index contributed by atoms with van der Waals surface area (Å²) in [5.41, 5.74) is 0.222. The molecular formula is C14H13F2N3O3S. The van der Waals surface area contributed by atoms with Crippen molar-refractivity contribution in [1.29, 1.82) is 0 Å². The van der Waals surface area contributed by atoms with Gasteiger partial charge in [0.25, 0.3) is 0 Å². The van der Waals surface area contributed by atoms with E-state index in [1.54, 1.807) is 5.38 Å². The molecule has 0 spiro atoms. The molecule has 0 atom stereocenters. The SMILES string of the molecule is COC(=O)Nc1nc(CC(=O)NCc2c(F)cccc2F)cs1. The van der Waals surface area contributed by atoms with E-state index in [0.29, 0.717) is 10.8 Å². The third kappa shape index (κ3) is 4.71. The van der Waals surface area contributed by atoms with Crippen molar-refractivity contribution in [3.63, 3.8) is 0 Å². The van der Waals surface area contributed by atoms with Gasteiger partial charge in [-0.1, -0.05) is 6.07 Å². The predicted molar refractivity (Wildman–Crippen MR) is 80.1 cm³/mol. The minimum Gasteiger partial charge on any atom is -0.453 e. The van der Waals surface area contributed by atoms with Crippen molar-refractivity contribution in [1.82, 2.24) is 10.3 Å². The van der Waals surface area contributed by atoms with Gasteiger partial charge < -0.3 is 10.1 Å². The van der Waals surface area contributed by atoms with E-state index in [9.17, 15) is 18.4 Å². The lowest BCUT2D eigenvalue weighted by molar-refractivity contribution is -0.120. The average Bonchev–Trinajstić information content (AvgIpc) is 2.93. The molecule has 2 amide bonds. The molecule has 1 heterocycles. The predicted octanol–water partition coefficient (Wildman–Crippen LogP) is 2.46. The van der Waals surface area contributed by atoms with Crippen LogP contribution in [0.25, 0.3) is 0 Å². The van der Waals surface area contributed by atoms with Gasteiger partial charge in [0.15, 0.2) is 5.13 Å². The van der Waals surface area contributed by atoms with Crippen LogP contribution in [0.2, 0.25) is 0 Å². The summed E-state index contributed by atoms with van der Waals surface area (Å²) in [7, 11) is 1.22. The summed E-state index contributed by atoms with van der Waals surface area (Å²) in [5, 5.41) is 6.68. The normalized spacial score (nSPS) is 10.2. The van der Waals surface area contributed by atoms with Gasteiger partial charge in [-0.05, 0) is 12.1 Å². The molecule has 6 nitrogen and oxygen atoms in total. The molecule has 2 N–H and O–H groups in total. The summed E-state index contributed by atoms with van der Waals surface area (Å²) in [6.45, 7) is -0.255. The third-order valence-corrected chi connectivity index (χ3v) is 3.62. The topological polar surface area (TPSA) is 80.3 Å². The Labute approximate surface area is 134 Å². The second-order valence-corrected chi connectivity index (χ2v) is 5.27. The Morgan fingerprint density at radius 2 is 2.00 bits per heavy atom. The average molecular weight is 341 g/mol. The molecule has 0 aliphatic carbocycles. The minimum absolute atomic E-state index is 0.0740. The standard InChI is InChI=1S/C14H13F2N3O3S/c1-22-14(21)19-13-18-8(7-23-13)5-12(20)17-6-9-10(15)3-2-4-11(9)16/h2-4,7H,5-6H2,1H3,(H,17,20)(H,18,19,21). The first kappa shape index (κ1) is 16.8. The maximum atomic E-state index is 13.4. The zero-order valence-corrected chi connectivity index (χ0v) is 12.9. The zero-order chi connectivity index (χ0) is 16.8. The van der Waals surface area contributed by atoms with E-state index in [2.05, 4.69) is 20.4 Å². The lowest BCUT2D eigenvalue weighted by atomic mass is 10.2. The molecule has 1 aromatic heterocycles. The van der Waals surface area contributed by atoms with Crippen molar-refractivity contribution in [3.05, 3.63) is 46.5 Å². The first-order valence-corrected chi connectivity index (χ1v) is 7.36. The molecule has 122 valence electrons. The van der Waals surface area contributed by atoms with Gasteiger partial charge in [-0.15, -0.1) is 11.3 Å². The third-order valence-electron chi connectivity index (χ3n) is 2.81. The Bertz CT molecular complexity index is 701. The largest absolute Gasteiger partial charge is 0.453 e. The van der Waals surface area contributed by atoms with Crippen molar-refractivity contribution in [2.45, 2.75) is 13.0 Å². The molecule has 0 saturated carbocycles. The van der Waals surface area contributed by atoms with Gasteiger partial charge in [0.1, 0.15) is 11.6 Å². The Hall–Kier alpha value is -2.55. The van der Waals surface area contributed by atoms with Crippen LogP contribution in [0.4, 0.5) is 18.7 Å². The smallest absolute Gasteiger partial charge is 0.413 e. The van der Waals surface area contributed by atoms with Gasteiger partial charge in [-0.25, -0.2) is 18.6 Å². The second-order valence-electron chi connectivity index (χ2n) is 4.41. The molecule has 23 heavy (non-hydrogen) atoms. The number of carbonyl (C=O) groups is 2. The van der Waals surface area contributed by atoms with Gasteiger partial charge in [0.2, 0.25) is 5.91 Å². The Kier molecular flexibility index (Phi) is 5.58. The Morgan fingerprint density at radius 1 is 1.30 bits per heavy atom. The summed E-state index contributed by atoms with van der Waals surface area (Å²) in [6, 6.07) is 3.49. The van der Waals surface area contributed by atoms with Crippen LogP contribution in [0.15, 0.2) is 23.6 Å². The number of ether oxygens (including phenoxy) is 1. The highest BCUT2D eigenvalue weighted by Gasteiger charge is 2.12. The molecule has 9 heteroatoms. The van der Waals surface area contributed by atoms with Crippen LogP contribution in [0.1, 0.15) is 11.3 Å². The first-order valence-electron chi connectivity index (χ1n) is 6.48. The number of hydrogen-bond acceptors (Lipinski definition) is 5. The van der Waals surface area contributed by atoms with E-state index >= 15 is 0 Å². The van der Waals surface area contributed by atoms with Crippen molar-refractivity contribution < 1.29 is 23.1 Å². The van der Waals surface area contributed by atoms with Gasteiger partial charge in [0, 0.05) is 17.5 Å². The van der Waals surface area contributed by atoms with Crippen LogP contribution in [-0.4, -0.2) is 24.1 Å². The van der Waals surface area contributed by atoms with Crippen molar-refractivity contribution in [2.75, 3.05) is 12.4 Å². The summed E-state index contributed by atoms with van der Waals surface area (Å²) in [6.07, 6.45) is -0.736. The number of nitrogens with zero attached hydrogens (tertiary/aromatic N) is 1. The van der Waals surface area contributed by atoms with E-state index in [0.717, 1.165) is 23.5 Å². The fourth-order valence-electron chi connectivity index (χ4n) is 1.70. The number of aromatic nitrogens is 1. The van der Waals surface area contributed by atoms with Crippen molar-refractivity contribution in [3.8, 4) is 0 Å². The molecule has 0 aliphatic rings. The van der Waals surface area contributed by atoms with Crippen molar-refractivity contribution >= 4 is 28.5 Å². The summed E-state index contributed by atoms with van der Waals surface area (Å²) in [5.74, 6) is -1.88. The highest BCUT2D eigenvalue weighted by molar-refractivity contribution is 7.13. The molecule has 2 aromatic rings. The van der Waals surface area contributed by atoms with Crippen molar-refractivity contribution in [2.24, 2.45) is 0 Å². The Balaban J connectivity index is 1.89. The fraction of sp³-hybridized carbons (Fsp3) is 0.214. The number of nitrogens with one attached hydrogen (secondary N) is 2. The van der Waals surface area contributed by atoms with Gasteiger partial charge >= 0.3 is 6.09 Å². The van der Waals surface area contributed by atoms with Crippen LogP contribution in [-0.2, 0) is 22.5 Å². The van der Waals surface area contributed by atoms with E-state index in [1.165, 1.54) is 13.2 Å². The molecule has 0 fully saturated rings. The second kappa shape index (κ2) is 7.63. The van der Waals surface area contributed by atoms with Crippen LogP contribution in [0, 0.1) is 11.6 Å². The highest BCUT2D eigenvalue weighted by Crippen LogP contribution is 2.16. The molecule has 1 aromatic carbocycles. The first-order chi connectivity index (χ1) is 11.0. The van der Waals surface area contributed by atoms with E-state index in [4.69, 9.17) is 0 Å². The zero-order valence-electron chi connectivity index (χ0n) is 12.1. The van der Waals surface area contributed by atoms with E-state index in [-0.39, 0.29) is 18.5 Å². The molecule has 2 rings (SSSR count). The molecular weight excluding hydrogens is 328 g/mol. The van der Waals surface area contributed by atoms with E-state index in [1.807, 2.05) is 0 Å². The lowest BCUT2D eigenvalue weighted by Gasteiger charge is -2.06. The molecule has 0 bridgehead atoms. The molecule has 0 radical (unpaired) electrons. The van der Waals surface area contributed by atoms with Gasteiger partial charge in [0.05, 0.1) is 19.2 Å². The highest BCUT2D eigenvalue weighted by atomic mass is 32.1. The quantitative estimate of drug-likeness (QED) is 0.875. The number of amides is 2. The van der Waals surface area contributed by atoms with Crippen LogP contribution in [0.5, 0.6) is 0 Å². The molecule has 0 saturated heterocycles. The maximum Gasteiger partial charge on any atom is 0.413 e. The minimum atomic E-state index is -0.719. The number of carbonyl (C=O) groups excluding carboxylic acids is 2. The summed E-state index contributed by atoms with van der Waals surface area (Å²) in [4.78, 5) is 26.8. The number of methoxy groups -OCH3 is 1. The number of rotatable bonds is 5. The van der Waals surface area contributed by atoms with Crippen LogP contribution in [0.3, 0.4) is 0 Å². The summed E-state index contributed by atoms with van der Waals surface area (Å²) < 4.78 is 31.3. The van der Waals surface area contributed by atoms with Crippen LogP contribution >= 0.6 is 11.3 Å². The number of halogens is 2. The summed E-state index contributed by atoms with van der Waals surface area (Å²) >= 11 is 1.13. The Morgan fingerprint density at radius 3 is 2.65 bits per heavy atom. The van der Waals surface area contributed by atoms with Gasteiger partial charge in [-0.3, -0.25) is 10.1 Å². The van der Waals surface area contributed by atoms with Gasteiger partial charge in [-0.2, -0.15) is 0 Å². The number of hydrogen-bond donors (Lipinski definition) is 2. The molecule has 0 unspecified atom stereocenters. The number of benzene rings is 1. The van der Waals surface area contributed by atoms with E-state index < -0.39 is 23.6 Å². The number of anilines is 1. The lowest BCUT2D eigenvalue weighted by Crippen LogP contribution is -2.25. The number of thiazole rings is 1.